The molecule has 2 amide bonds. The largest absolute Gasteiger partial charge is 0.444 e. The number of aryl methyl sites for hydroxylation is 1. The van der Waals surface area contributed by atoms with Crippen molar-refractivity contribution in [1.82, 2.24) is 10.7 Å². The molecule has 0 heterocycles. The maximum absolute atomic E-state index is 11.1. The quantitative estimate of drug-likeness (QED) is 0.441. The lowest BCUT2D eigenvalue weighted by atomic mass is 10.2. The molecule has 6 heteroatoms. The van der Waals surface area contributed by atoms with Crippen LogP contribution in [0.5, 0.6) is 0 Å². The van der Waals surface area contributed by atoms with Gasteiger partial charge in [-0.15, -0.1) is 0 Å². The van der Waals surface area contributed by atoms with Gasteiger partial charge in [0, 0.05) is 0 Å². The molecule has 0 radical (unpaired) electrons. The van der Waals surface area contributed by atoms with Crippen LogP contribution in [0.2, 0.25) is 0 Å². The number of hydrogen-bond acceptors (Lipinski definition) is 4. The highest BCUT2D eigenvalue weighted by Gasteiger charge is 2.20. The van der Waals surface area contributed by atoms with E-state index >= 15 is 0 Å². The molecule has 1 rings (SSSR count). The lowest BCUT2D eigenvalue weighted by molar-refractivity contribution is -0.122. The summed E-state index contributed by atoms with van der Waals surface area (Å²) in [6.45, 7) is 8.80. The molecule has 0 bridgehead atoms. The molecule has 0 aliphatic heterocycles. The van der Waals surface area contributed by atoms with Crippen molar-refractivity contribution in [2.75, 3.05) is 0 Å². The fourth-order valence-electron chi connectivity index (χ4n) is 1.21. The number of nitrogens with one attached hydrogen (secondary N) is 2. The van der Waals surface area contributed by atoms with Gasteiger partial charge >= 0.3 is 6.09 Å². The van der Waals surface area contributed by atoms with E-state index in [4.69, 9.17) is 10.6 Å². The Morgan fingerprint density at radius 3 is 2.05 bits per heavy atom. The van der Waals surface area contributed by atoms with Gasteiger partial charge in [-0.25, -0.2) is 10.6 Å². The SMILES string of the molecule is CC(NC(=O)OC(C)(C)C)C(=O)NN.Cc1ccccc1. The minimum absolute atomic E-state index is 0.476. The zero-order chi connectivity index (χ0) is 16.5. The van der Waals surface area contributed by atoms with Crippen LogP contribution in [-0.4, -0.2) is 23.6 Å². The molecule has 1 aromatic rings. The van der Waals surface area contributed by atoms with Crippen molar-refractivity contribution in [2.24, 2.45) is 5.84 Å². The van der Waals surface area contributed by atoms with Gasteiger partial charge < -0.3 is 10.1 Å². The first kappa shape index (κ1) is 18.9. The molecule has 0 aliphatic carbocycles. The molecule has 0 saturated carbocycles. The number of carbonyl (C=O) groups is 2. The van der Waals surface area contributed by atoms with E-state index in [0.29, 0.717) is 0 Å². The third-order valence-electron chi connectivity index (χ3n) is 2.21. The van der Waals surface area contributed by atoms with E-state index in [0.717, 1.165) is 0 Å². The summed E-state index contributed by atoms with van der Waals surface area (Å²) in [7, 11) is 0. The number of nitrogens with two attached hydrogens (primary N) is 1. The van der Waals surface area contributed by atoms with E-state index in [2.05, 4.69) is 24.4 Å². The van der Waals surface area contributed by atoms with Crippen molar-refractivity contribution in [3.8, 4) is 0 Å². The summed E-state index contributed by atoms with van der Waals surface area (Å²) in [5.41, 5.74) is 2.67. The van der Waals surface area contributed by atoms with Gasteiger partial charge in [-0.1, -0.05) is 35.9 Å². The lowest BCUT2D eigenvalue weighted by Crippen LogP contribution is -2.48. The first-order chi connectivity index (χ1) is 9.65. The molecule has 0 fully saturated rings. The summed E-state index contributed by atoms with van der Waals surface area (Å²) in [6.07, 6.45) is -0.645. The van der Waals surface area contributed by atoms with Crippen LogP contribution in [0, 0.1) is 6.92 Å². The third kappa shape index (κ3) is 10.4. The molecule has 6 nitrogen and oxygen atoms in total. The maximum Gasteiger partial charge on any atom is 0.408 e. The zero-order valence-corrected chi connectivity index (χ0v) is 13.3. The highest BCUT2D eigenvalue weighted by Crippen LogP contribution is 2.06. The van der Waals surface area contributed by atoms with E-state index in [1.54, 1.807) is 20.8 Å². The molecule has 118 valence electrons. The number of hydrazine groups is 1. The number of hydrogen-bond donors (Lipinski definition) is 3. The number of carbonyl (C=O) groups excluding carboxylic acids is 2. The molecular weight excluding hydrogens is 270 g/mol. The maximum atomic E-state index is 11.1. The second-order valence-corrected chi connectivity index (χ2v) is 5.53. The van der Waals surface area contributed by atoms with Gasteiger partial charge in [0.25, 0.3) is 5.91 Å². The third-order valence-corrected chi connectivity index (χ3v) is 2.21. The number of alkyl carbamates (subject to hydrolysis) is 1. The number of amides is 2. The van der Waals surface area contributed by atoms with Gasteiger partial charge in [0.05, 0.1) is 0 Å². The average Bonchev–Trinajstić information content (AvgIpc) is 2.37. The Bertz CT molecular complexity index is 441. The summed E-state index contributed by atoms with van der Waals surface area (Å²) in [5, 5.41) is 2.33. The van der Waals surface area contributed by atoms with Crippen molar-refractivity contribution in [3.05, 3.63) is 35.9 Å². The van der Waals surface area contributed by atoms with Gasteiger partial charge in [0.15, 0.2) is 0 Å². The Kier molecular flexibility index (Phi) is 8.08. The molecule has 0 aromatic heterocycles. The smallest absolute Gasteiger partial charge is 0.408 e. The van der Waals surface area contributed by atoms with Crippen LogP contribution in [0.4, 0.5) is 4.79 Å². The average molecular weight is 295 g/mol. The highest BCUT2D eigenvalue weighted by atomic mass is 16.6. The Morgan fingerprint density at radius 2 is 1.71 bits per heavy atom. The minimum Gasteiger partial charge on any atom is -0.444 e. The fourth-order valence-corrected chi connectivity index (χ4v) is 1.21. The van der Waals surface area contributed by atoms with Crippen LogP contribution in [-0.2, 0) is 9.53 Å². The second kappa shape index (κ2) is 8.97. The standard InChI is InChI=1S/C8H17N3O3.C7H8/c1-5(6(12)11-9)10-7(13)14-8(2,3)4;1-7-5-3-2-4-6-7/h5H,9H2,1-4H3,(H,10,13)(H,11,12);2-6H,1H3. The Hall–Kier alpha value is -2.08. The van der Waals surface area contributed by atoms with Gasteiger partial charge in [-0.3, -0.25) is 10.2 Å². The summed E-state index contributed by atoms with van der Waals surface area (Å²) >= 11 is 0. The topological polar surface area (TPSA) is 93.4 Å². The normalized spacial score (nSPS) is 11.5. The number of rotatable bonds is 2. The van der Waals surface area contributed by atoms with E-state index < -0.39 is 23.6 Å². The van der Waals surface area contributed by atoms with Crippen molar-refractivity contribution >= 4 is 12.0 Å². The molecule has 21 heavy (non-hydrogen) atoms. The van der Waals surface area contributed by atoms with Gasteiger partial charge in [-0.2, -0.15) is 0 Å². The summed E-state index contributed by atoms with van der Waals surface area (Å²) < 4.78 is 4.93. The van der Waals surface area contributed by atoms with E-state index in [1.165, 1.54) is 12.5 Å². The van der Waals surface area contributed by atoms with Gasteiger partial charge in [0.2, 0.25) is 0 Å². The van der Waals surface area contributed by atoms with Crippen LogP contribution in [0.15, 0.2) is 30.3 Å². The first-order valence-corrected chi connectivity index (χ1v) is 6.67. The molecule has 1 atom stereocenters. The minimum atomic E-state index is -0.713. The Morgan fingerprint density at radius 1 is 1.19 bits per heavy atom. The monoisotopic (exact) mass is 295 g/mol. The van der Waals surface area contributed by atoms with Crippen molar-refractivity contribution in [3.63, 3.8) is 0 Å². The van der Waals surface area contributed by atoms with Crippen molar-refractivity contribution in [2.45, 2.75) is 46.3 Å². The predicted octanol–water partition coefficient (Wildman–Crippen LogP) is 1.88. The van der Waals surface area contributed by atoms with E-state index in [-0.39, 0.29) is 0 Å². The first-order valence-electron chi connectivity index (χ1n) is 6.67. The van der Waals surface area contributed by atoms with Crippen LogP contribution >= 0.6 is 0 Å². The summed E-state index contributed by atoms with van der Waals surface area (Å²) in [4.78, 5) is 22.0. The van der Waals surface area contributed by atoms with Crippen LogP contribution < -0.4 is 16.6 Å². The van der Waals surface area contributed by atoms with Crippen LogP contribution in [0.3, 0.4) is 0 Å². The molecule has 0 saturated heterocycles. The molecule has 1 aromatic carbocycles. The number of benzene rings is 1. The molecule has 4 N–H and O–H groups in total. The zero-order valence-electron chi connectivity index (χ0n) is 13.3. The summed E-state index contributed by atoms with van der Waals surface area (Å²) in [6, 6.07) is 9.55. The fraction of sp³-hybridized carbons (Fsp3) is 0.467. The Labute approximate surface area is 126 Å². The lowest BCUT2D eigenvalue weighted by Gasteiger charge is -2.21. The van der Waals surface area contributed by atoms with Crippen molar-refractivity contribution < 1.29 is 14.3 Å². The van der Waals surface area contributed by atoms with Gasteiger partial charge in [0.1, 0.15) is 11.6 Å². The van der Waals surface area contributed by atoms with Crippen molar-refractivity contribution in [1.29, 1.82) is 0 Å². The number of ether oxygens (including phenoxy) is 1. The van der Waals surface area contributed by atoms with E-state index in [9.17, 15) is 9.59 Å². The Balaban J connectivity index is 0.000000471. The molecule has 1 unspecified atom stereocenters. The molecule has 0 spiro atoms. The van der Waals surface area contributed by atoms with Crippen LogP contribution in [0.1, 0.15) is 33.3 Å². The van der Waals surface area contributed by atoms with Gasteiger partial charge in [-0.05, 0) is 34.6 Å². The second-order valence-electron chi connectivity index (χ2n) is 5.53. The van der Waals surface area contributed by atoms with E-state index in [1.807, 2.05) is 23.6 Å². The molecule has 0 aliphatic rings. The predicted molar refractivity (Wildman–Crippen MR) is 82.3 cm³/mol. The molecular formula is C15H25N3O3. The van der Waals surface area contributed by atoms with Crippen LogP contribution in [0.25, 0.3) is 0 Å². The summed E-state index contributed by atoms with van der Waals surface area (Å²) in [5.74, 6) is 4.41. The highest BCUT2D eigenvalue weighted by molar-refractivity contribution is 5.84.